The zero-order chi connectivity index (χ0) is 19.7. The maximum Gasteiger partial charge on any atom is 0.416 e. The summed E-state index contributed by atoms with van der Waals surface area (Å²) in [6, 6.07) is 4.12. The molecule has 4 N–H and O–H groups in total. The van der Waals surface area contributed by atoms with Crippen molar-refractivity contribution in [1.82, 2.24) is 10.7 Å². The van der Waals surface area contributed by atoms with Gasteiger partial charge in [0, 0.05) is 17.9 Å². The predicted molar refractivity (Wildman–Crippen MR) is 86.0 cm³/mol. The number of carbonyl (C=O) groups excluding carboxylic acids is 3. The molecule has 0 radical (unpaired) electrons. The van der Waals surface area contributed by atoms with Gasteiger partial charge in [0.15, 0.2) is 0 Å². The number of halogens is 3. The zero-order valence-electron chi connectivity index (χ0n) is 13.7. The summed E-state index contributed by atoms with van der Waals surface area (Å²) in [6.07, 6.45) is -4.84. The van der Waals surface area contributed by atoms with Crippen molar-refractivity contribution in [2.45, 2.75) is 19.5 Å². The van der Waals surface area contributed by atoms with Crippen molar-refractivity contribution in [3.8, 4) is 0 Å². The molecular formula is C15H17F3N4O4. The lowest BCUT2D eigenvalue weighted by Crippen LogP contribution is -2.39. The lowest BCUT2D eigenvalue weighted by Gasteiger charge is -2.10. The Balaban J connectivity index is 2.57. The number of alkyl halides is 3. The Kier molecular flexibility index (Phi) is 7.72. The first-order valence-corrected chi connectivity index (χ1v) is 7.32. The van der Waals surface area contributed by atoms with Gasteiger partial charge in [0.2, 0.25) is 5.91 Å². The summed E-state index contributed by atoms with van der Waals surface area (Å²) >= 11 is 0. The number of hydrogen-bond donors (Lipinski definition) is 4. The van der Waals surface area contributed by atoms with Gasteiger partial charge in [0.25, 0.3) is 0 Å². The van der Waals surface area contributed by atoms with Crippen LogP contribution in [0.15, 0.2) is 29.4 Å². The van der Waals surface area contributed by atoms with E-state index in [4.69, 9.17) is 5.11 Å². The van der Waals surface area contributed by atoms with Crippen LogP contribution in [0.4, 0.5) is 18.9 Å². The van der Waals surface area contributed by atoms with Gasteiger partial charge in [-0.05, 0) is 25.1 Å². The van der Waals surface area contributed by atoms with Gasteiger partial charge in [0.1, 0.15) is 0 Å². The summed E-state index contributed by atoms with van der Waals surface area (Å²) in [4.78, 5) is 34.4. The van der Waals surface area contributed by atoms with E-state index in [2.05, 4.69) is 15.7 Å². The number of hydrogen-bond acceptors (Lipinski definition) is 5. The summed E-state index contributed by atoms with van der Waals surface area (Å²) in [5, 5.41) is 16.5. The van der Waals surface area contributed by atoms with E-state index in [0.29, 0.717) is 0 Å². The number of aliphatic hydroxyl groups excluding tert-OH is 1. The van der Waals surface area contributed by atoms with Gasteiger partial charge < -0.3 is 15.7 Å². The average Bonchev–Trinajstić information content (AvgIpc) is 2.56. The Morgan fingerprint density at radius 3 is 2.50 bits per heavy atom. The fourth-order valence-electron chi connectivity index (χ4n) is 1.70. The van der Waals surface area contributed by atoms with Crippen molar-refractivity contribution in [3.05, 3.63) is 29.8 Å². The number of amides is 3. The third kappa shape index (κ3) is 7.30. The van der Waals surface area contributed by atoms with Crippen LogP contribution >= 0.6 is 0 Å². The van der Waals surface area contributed by atoms with E-state index in [0.717, 1.165) is 18.2 Å². The van der Waals surface area contributed by atoms with Crippen LogP contribution in [0, 0.1) is 0 Å². The minimum absolute atomic E-state index is 0.0370. The molecule has 0 heterocycles. The molecule has 1 aromatic rings. The van der Waals surface area contributed by atoms with Crippen LogP contribution < -0.4 is 16.1 Å². The smallest absolute Gasteiger partial charge is 0.395 e. The highest BCUT2D eigenvalue weighted by atomic mass is 19.4. The maximum absolute atomic E-state index is 12.6. The summed E-state index contributed by atoms with van der Waals surface area (Å²) in [7, 11) is 0. The number of aliphatic hydroxyl groups is 1. The van der Waals surface area contributed by atoms with E-state index in [1.54, 1.807) is 0 Å². The van der Waals surface area contributed by atoms with Crippen LogP contribution in [0.3, 0.4) is 0 Å². The monoisotopic (exact) mass is 374 g/mol. The van der Waals surface area contributed by atoms with Crippen molar-refractivity contribution in [2.24, 2.45) is 5.10 Å². The van der Waals surface area contributed by atoms with E-state index in [-0.39, 0.29) is 31.0 Å². The minimum Gasteiger partial charge on any atom is -0.395 e. The SMILES string of the molecule is CC(CC(=O)Nc1cccc(C(F)(F)F)c1)=NNC(=O)C(=O)NCCO. The van der Waals surface area contributed by atoms with E-state index in [1.807, 2.05) is 5.43 Å². The van der Waals surface area contributed by atoms with Crippen molar-refractivity contribution in [2.75, 3.05) is 18.5 Å². The summed E-state index contributed by atoms with van der Waals surface area (Å²) in [6.45, 7) is 0.947. The predicted octanol–water partition coefficient (Wildman–Crippen LogP) is 0.635. The first-order valence-electron chi connectivity index (χ1n) is 7.32. The molecule has 8 nitrogen and oxygen atoms in total. The molecule has 0 spiro atoms. The molecule has 0 saturated heterocycles. The van der Waals surface area contributed by atoms with E-state index in [1.165, 1.54) is 13.0 Å². The molecule has 0 aliphatic heterocycles. The van der Waals surface area contributed by atoms with Gasteiger partial charge in [-0.25, -0.2) is 5.43 Å². The molecule has 3 amide bonds. The Hall–Kier alpha value is -2.95. The third-order valence-corrected chi connectivity index (χ3v) is 2.84. The van der Waals surface area contributed by atoms with Gasteiger partial charge >= 0.3 is 18.0 Å². The van der Waals surface area contributed by atoms with Crippen molar-refractivity contribution >= 4 is 29.1 Å². The first-order chi connectivity index (χ1) is 12.1. The second-order valence-electron chi connectivity index (χ2n) is 5.07. The number of benzene rings is 1. The molecule has 1 rings (SSSR count). The molecule has 0 aromatic heterocycles. The molecule has 0 aliphatic carbocycles. The highest BCUT2D eigenvalue weighted by Gasteiger charge is 2.30. The number of nitrogens with one attached hydrogen (secondary N) is 3. The van der Waals surface area contributed by atoms with E-state index in [9.17, 15) is 27.6 Å². The number of nitrogens with zero attached hydrogens (tertiary/aromatic N) is 1. The standard InChI is InChI=1S/C15H17F3N4O4/c1-9(21-22-14(26)13(25)19-5-6-23)7-12(24)20-11-4-2-3-10(8-11)15(16,17)18/h2-4,8,23H,5-7H2,1H3,(H,19,25)(H,20,24)(H,22,26). The number of anilines is 1. The molecule has 0 fully saturated rings. The summed E-state index contributed by atoms with van der Waals surface area (Å²) in [5.74, 6) is -2.75. The van der Waals surface area contributed by atoms with Crippen molar-refractivity contribution in [3.63, 3.8) is 0 Å². The van der Waals surface area contributed by atoms with Gasteiger partial charge in [-0.15, -0.1) is 0 Å². The molecule has 142 valence electrons. The molecule has 0 saturated carbocycles. The van der Waals surface area contributed by atoms with Gasteiger partial charge in [-0.2, -0.15) is 18.3 Å². The topological polar surface area (TPSA) is 120 Å². The third-order valence-electron chi connectivity index (χ3n) is 2.84. The second kappa shape index (κ2) is 9.51. The van der Waals surface area contributed by atoms with Crippen molar-refractivity contribution in [1.29, 1.82) is 0 Å². The Labute approximate surface area is 146 Å². The molecule has 11 heteroatoms. The second-order valence-corrected chi connectivity index (χ2v) is 5.07. The van der Waals surface area contributed by atoms with Crippen LogP contribution in [-0.2, 0) is 20.6 Å². The quantitative estimate of drug-likeness (QED) is 0.332. The molecule has 0 bridgehead atoms. The lowest BCUT2D eigenvalue weighted by molar-refractivity contribution is -0.139. The van der Waals surface area contributed by atoms with Crippen LogP contribution in [0.25, 0.3) is 0 Å². The normalized spacial score (nSPS) is 11.7. The van der Waals surface area contributed by atoms with Gasteiger partial charge in [0.05, 0.1) is 18.6 Å². The maximum atomic E-state index is 12.6. The minimum atomic E-state index is -4.53. The van der Waals surface area contributed by atoms with Gasteiger partial charge in [-0.3, -0.25) is 14.4 Å². The first kappa shape index (κ1) is 21.1. The average molecular weight is 374 g/mol. The Morgan fingerprint density at radius 2 is 1.88 bits per heavy atom. The van der Waals surface area contributed by atoms with Crippen LogP contribution in [-0.4, -0.2) is 41.7 Å². The number of carbonyl (C=O) groups is 3. The van der Waals surface area contributed by atoms with Crippen molar-refractivity contribution < 1.29 is 32.7 Å². The highest BCUT2D eigenvalue weighted by molar-refractivity contribution is 6.35. The highest BCUT2D eigenvalue weighted by Crippen LogP contribution is 2.30. The molecule has 0 aliphatic rings. The fourth-order valence-corrected chi connectivity index (χ4v) is 1.70. The Morgan fingerprint density at radius 1 is 1.19 bits per heavy atom. The molecule has 26 heavy (non-hydrogen) atoms. The van der Waals surface area contributed by atoms with E-state index < -0.39 is 29.5 Å². The molecule has 1 aromatic carbocycles. The molecule has 0 unspecified atom stereocenters. The summed E-state index contributed by atoms with van der Waals surface area (Å²) < 4.78 is 37.8. The number of rotatable bonds is 6. The Bertz CT molecular complexity index is 704. The van der Waals surface area contributed by atoms with Crippen LogP contribution in [0.1, 0.15) is 18.9 Å². The zero-order valence-corrected chi connectivity index (χ0v) is 13.7. The largest absolute Gasteiger partial charge is 0.416 e. The van der Waals surface area contributed by atoms with Gasteiger partial charge in [-0.1, -0.05) is 6.07 Å². The lowest BCUT2D eigenvalue weighted by atomic mass is 10.2. The van der Waals surface area contributed by atoms with Crippen LogP contribution in [0.5, 0.6) is 0 Å². The molecular weight excluding hydrogens is 357 g/mol. The fraction of sp³-hybridized carbons (Fsp3) is 0.333. The number of hydrazone groups is 1. The van der Waals surface area contributed by atoms with E-state index >= 15 is 0 Å². The summed E-state index contributed by atoms with van der Waals surface area (Å²) in [5.41, 5.74) is 1.10. The van der Waals surface area contributed by atoms with Crippen LogP contribution in [0.2, 0.25) is 0 Å². The molecule has 0 atom stereocenters.